The fourth-order valence-corrected chi connectivity index (χ4v) is 2.00. The molecule has 0 radical (unpaired) electrons. The molecule has 4 heteroatoms. The van der Waals surface area contributed by atoms with E-state index in [0.29, 0.717) is 6.42 Å². The summed E-state index contributed by atoms with van der Waals surface area (Å²) in [6.45, 7) is 1.34. The highest BCUT2D eigenvalue weighted by molar-refractivity contribution is 5.81. The highest BCUT2D eigenvalue weighted by Crippen LogP contribution is 2.09. The van der Waals surface area contributed by atoms with Crippen molar-refractivity contribution in [1.82, 2.24) is 5.32 Å². The minimum atomic E-state index is -0.960. The number of carboxylic acid groups (broad SMARTS) is 1. The molecule has 0 aliphatic carbocycles. The van der Waals surface area contributed by atoms with Crippen molar-refractivity contribution < 1.29 is 14.7 Å². The van der Waals surface area contributed by atoms with Crippen molar-refractivity contribution >= 4 is 11.9 Å². The molecular formula is C15H21NO3. The van der Waals surface area contributed by atoms with Crippen LogP contribution in [0, 0.1) is 0 Å². The molecule has 0 heterocycles. The molecule has 0 aliphatic heterocycles. The van der Waals surface area contributed by atoms with Crippen LogP contribution in [0.15, 0.2) is 30.3 Å². The van der Waals surface area contributed by atoms with Crippen LogP contribution in [-0.2, 0) is 16.0 Å². The van der Waals surface area contributed by atoms with E-state index < -0.39 is 12.0 Å². The number of carboxylic acids is 1. The molecular weight excluding hydrogens is 242 g/mol. The largest absolute Gasteiger partial charge is 0.480 e. The zero-order valence-corrected chi connectivity index (χ0v) is 11.3. The molecule has 104 valence electrons. The molecule has 0 unspecified atom stereocenters. The van der Waals surface area contributed by atoms with Crippen LogP contribution in [0.4, 0.5) is 0 Å². The smallest absolute Gasteiger partial charge is 0.326 e. The van der Waals surface area contributed by atoms with Gasteiger partial charge in [-0.25, -0.2) is 4.79 Å². The Morgan fingerprint density at radius 1 is 1.16 bits per heavy atom. The molecule has 0 bridgehead atoms. The second kappa shape index (κ2) is 8.29. The van der Waals surface area contributed by atoms with Gasteiger partial charge in [0, 0.05) is 6.92 Å². The summed E-state index contributed by atoms with van der Waals surface area (Å²) < 4.78 is 0. The molecule has 0 fully saturated rings. The average molecular weight is 263 g/mol. The fraction of sp³-hybridized carbons (Fsp3) is 0.467. The Labute approximate surface area is 113 Å². The van der Waals surface area contributed by atoms with Crippen LogP contribution < -0.4 is 5.32 Å². The lowest BCUT2D eigenvalue weighted by molar-refractivity contribution is -0.141. The molecule has 4 nitrogen and oxygen atoms in total. The number of benzene rings is 1. The maximum absolute atomic E-state index is 10.9. The number of amides is 1. The quantitative estimate of drug-likeness (QED) is 0.708. The first-order chi connectivity index (χ1) is 9.09. The van der Waals surface area contributed by atoms with E-state index in [9.17, 15) is 9.59 Å². The maximum atomic E-state index is 10.9. The standard InChI is InChI=1S/C15H21NO3/c1-12(17)16-14(15(18)19)11-7-3-6-10-13-8-4-2-5-9-13/h2,4-5,8-9,14H,3,6-7,10-11H2,1H3,(H,16,17)(H,18,19)/t14-/m1/s1. The number of carbonyl (C=O) groups excluding carboxylic acids is 1. The summed E-state index contributed by atoms with van der Waals surface area (Å²) in [7, 11) is 0. The number of nitrogens with one attached hydrogen (secondary N) is 1. The summed E-state index contributed by atoms with van der Waals surface area (Å²) in [5.74, 6) is -1.25. The van der Waals surface area contributed by atoms with Crippen molar-refractivity contribution in [2.45, 2.75) is 45.1 Å². The Hall–Kier alpha value is -1.84. The lowest BCUT2D eigenvalue weighted by Crippen LogP contribution is -2.39. The van der Waals surface area contributed by atoms with Gasteiger partial charge in [-0.05, 0) is 24.8 Å². The molecule has 0 aliphatic rings. The summed E-state index contributed by atoms with van der Waals surface area (Å²) in [5, 5.41) is 11.4. The van der Waals surface area contributed by atoms with Gasteiger partial charge in [0.15, 0.2) is 0 Å². The highest BCUT2D eigenvalue weighted by atomic mass is 16.4. The number of hydrogen-bond donors (Lipinski definition) is 2. The molecule has 0 saturated carbocycles. The van der Waals surface area contributed by atoms with E-state index in [2.05, 4.69) is 17.4 Å². The van der Waals surface area contributed by atoms with Crippen LogP contribution in [0.2, 0.25) is 0 Å². The van der Waals surface area contributed by atoms with Crippen LogP contribution in [0.3, 0.4) is 0 Å². The van der Waals surface area contributed by atoms with E-state index in [4.69, 9.17) is 5.11 Å². The van der Waals surface area contributed by atoms with Crippen molar-refractivity contribution in [3.05, 3.63) is 35.9 Å². The topological polar surface area (TPSA) is 66.4 Å². The molecule has 1 rings (SSSR count). The molecule has 0 saturated heterocycles. The van der Waals surface area contributed by atoms with Crippen molar-refractivity contribution in [2.75, 3.05) is 0 Å². The third-order valence-corrected chi connectivity index (χ3v) is 2.98. The maximum Gasteiger partial charge on any atom is 0.326 e. The third-order valence-electron chi connectivity index (χ3n) is 2.98. The van der Waals surface area contributed by atoms with Gasteiger partial charge in [0.25, 0.3) is 0 Å². The van der Waals surface area contributed by atoms with Crippen molar-refractivity contribution in [2.24, 2.45) is 0 Å². The molecule has 1 aromatic rings. The lowest BCUT2D eigenvalue weighted by atomic mass is 10.0. The summed E-state index contributed by atoms with van der Waals surface area (Å²) >= 11 is 0. The van der Waals surface area contributed by atoms with Crippen LogP contribution in [0.25, 0.3) is 0 Å². The Morgan fingerprint density at radius 3 is 2.42 bits per heavy atom. The second-order valence-electron chi connectivity index (χ2n) is 4.68. The van der Waals surface area contributed by atoms with Gasteiger partial charge in [-0.2, -0.15) is 0 Å². The van der Waals surface area contributed by atoms with Gasteiger partial charge >= 0.3 is 5.97 Å². The molecule has 1 amide bonds. The molecule has 0 aromatic heterocycles. The number of unbranched alkanes of at least 4 members (excludes halogenated alkanes) is 2. The van der Waals surface area contributed by atoms with Gasteiger partial charge in [-0.1, -0.05) is 43.2 Å². The summed E-state index contributed by atoms with van der Waals surface area (Å²) in [4.78, 5) is 21.8. The Morgan fingerprint density at radius 2 is 1.84 bits per heavy atom. The van der Waals surface area contributed by atoms with Gasteiger partial charge in [0.2, 0.25) is 5.91 Å². The Bertz CT molecular complexity index is 403. The predicted octanol–water partition coefficient (Wildman–Crippen LogP) is 2.38. The summed E-state index contributed by atoms with van der Waals surface area (Å²) in [6.07, 6.45) is 4.32. The Kier molecular flexibility index (Phi) is 6.64. The minimum absolute atomic E-state index is 0.295. The molecule has 0 spiro atoms. The molecule has 1 aromatic carbocycles. The van der Waals surface area contributed by atoms with Crippen LogP contribution in [0.5, 0.6) is 0 Å². The van der Waals surface area contributed by atoms with Crippen LogP contribution >= 0.6 is 0 Å². The summed E-state index contributed by atoms with van der Waals surface area (Å²) in [6, 6.07) is 9.47. The van der Waals surface area contributed by atoms with Crippen molar-refractivity contribution in [3.63, 3.8) is 0 Å². The minimum Gasteiger partial charge on any atom is -0.480 e. The number of aliphatic carboxylic acids is 1. The number of carbonyl (C=O) groups is 2. The average Bonchev–Trinajstić information content (AvgIpc) is 2.37. The fourth-order valence-electron chi connectivity index (χ4n) is 2.00. The molecule has 1 atom stereocenters. The van der Waals surface area contributed by atoms with Crippen molar-refractivity contribution in [3.8, 4) is 0 Å². The van der Waals surface area contributed by atoms with Crippen molar-refractivity contribution in [1.29, 1.82) is 0 Å². The van der Waals surface area contributed by atoms with E-state index in [1.165, 1.54) is 12.5 Å². The monoisotopic (exact) mass is 263 g/mol. The first-order valence-electron chi connectivity index (χ1n) is 6.63. The lowest BCUT2D eigenvalue weighted by Gasteiger charge is -2.12. The summed E-state index contributed by atoms with van der Waals surface area (Å²) in [5.41, 5.74) is 1.30. The van der Waals surface area contributed by atoms with Gasteiger partial charge in [-0.15, -0.1) is 0 Å². The van der Waals surface area contributed by atoms with Gasteiger partial charge in [-0.3, -0.25) is 4.79 Å². The zero-order chi connectivity index (χ0) is 14.1. The number of aryl methyl sites for hydroxylation is 1. The zero-order valence-electron chi connectivity index (χ0n) is 11.3. The van der Waals surface area contributed by atoms with Gasteiger partial charge in [0.1, 0.15) is 6.04 Å². The molecule has 19 heavy (non-hydrogen) atoms. The second-order valence-corrected chi connectivity index (χ2v) is 4.68. The first kappa shape index (κ1) is 15.2. The normalized spacial score (nSPS) is 11.8. The van der Waals surface area contributed by atoms with E-state index in [-0.39, 0.29) is 5.91 Å². The Balaban J connectivity index is 2.18. The van der Waals surface area contributed by atoms with Crippen LogP contribution in [-0.4, -0.2) is 23.0 Å². The van der Waals surface area contributed by atoms with Gasteiger partial charge in [0.05, 0.1) is 0 Å². The van der Waals surface area contributed by atoms with E-state index in [1.807, 2.05) is 18.2 Å². The molecule has 2 N–H and O–H groups in total. The highest BCUT2D eigenvalue weighted by Gasteiger charge is 2.17. The van der Waals surface area contributed by atoms with E-state index in [0.717, 1.165) is 25.7 Å². The van der Waals surface area contributed by atoms with E-state index in [1.54, 1.807) is 0 Å². The number of hydrogen-bond acceptors (Lipinski definition) is 2. The SMILES string of the molecule is CC(=O)N[C@H](CCCCCc1ccccc1)C(=O)O. The first-order valence-corrected chi connectivity index (χ1v) is 6.63. The van der Waals surface area contributed by atoms with Crippen LogP contribution in [0.1, 0.15) is 38.2 Å². The van der Waals surface area contributed by atoms with Gasteiger partial charge < -0.3 is 10.4 Å². The third kappa shape index (κ3) is 6.60. The predicted molar refractivity (Wildman–Crippen MR) is 73.9 cm³/mol. The number of rotatable bonds is 8. The van der Waals surface area contributed by atoms with E-state index >= 15 is 0 Å².